The number of allylic oxidation sites excluding steroid dienone is 1. The molecule has 0 N–H and O–H groups in total. The fourth-order valence-corrected chi connectivity index (χ4v) is 4.97. The molecule has 3 rings (SSSR count). The molecule has 0 bridgehead atoms. The van der Waals surface area contributed by atoms with Crippen molar-refractivity contribution in [2.24, 2.45) is 35.0 Å². The first kappa shape index (κ1) is 11.8. The maximum absolute atomic E-state index is 4.40. The van der Waals surface area contributed by atoms with Crippen LogP contribution in [0, 0.1) is 35.0 Å². The molecule has 0 radical (unpaired) electrons. The third kappa shape index (κ3) is 1.71. The molecule has 6 unspecified atom stereocenters. The normalized spacial score (nSPS) is 50.4. The van der Waals surface area contributed by atoms with Gasteiger partial charge in [0.1, 0.15) is 0 Å². The van der Waals surface area contributed by atoms with E-state index < -0.39 is 0 Å². The molecule has 0 spiro atoms. The van der Waals surface area contributed by atoms with E-state index in [1.54, 1.807) is 5.57 Å². The first-order valence-electron chi connectivity index (χ1n) is 7.78. The Kier molecular flexibility index (Phi) is 2.69. The van der Waals surface area contributed by atoms with Gasteiger partial charge in [-0.25, -0.2) is 0 Å². The Labute approximate surface area is 107 Å². The Morgan fingerprint density at radius 3 is 2.47 bits per heavy atom. The molecule has 6 atom stereocenters. The molecule has 3 aliphatic rings. The summed E-state index contributed by atoms with van der Waals surface area (Å²) in [6, 6.07) is 0. The summed E-state index contributed by atoms with van der Waals surface area (Å²) in [5.41, 5.74) is 2.14. The molecule has 0 aromatic heterocycles. The highest BCUT2D eigenvalue weighted by Crippen LogP contribution is 2.66. The second-order valence-electron chi connectivity index (χ2n) is 7.23. The highest BCUT2D eigenvalue weighted by Gasteiger charge is 2.59. The monoisotopic (exact) mass is 232 g/mol. The third-order valence-corrected chi connectivity index (χ3v) is 6.50. The molecule has 0 heterocycles. The lowest BCUT2D eigenvalue weighted by atomic mass is 9.87. The van der Waals surface area contributed by atoms with E-state index in [0.717, 1.165) is 29.6 Å². The quantitative estimate of drug-likeness (QED) is 0.562. The van der Waals surface area contributed by atoms with Gasteiger partial charge < -0.3 is 0 Å². The fourth-order valence-electron chi connectivity index (χ4n) is 4.97. The number of fused-ring (bicyclic) bond motifs is 1. The molecule has 3 fully saturated rings. The van der Waals surface area contributed by atoms with E-state index in [0.29, 0.717) is 5.41 Å². The minimum absolute atomic E-state index is 0.565. The minimum Gasteiger partial charge on any atom is -0.0993 e. The summed E-state index contributed by atoms with van der Waals surface area (Å²) in [5, 5.41) is 0. The zero-order valence-corrected chi connectivity index (χ0v) is 11.8. The molecular weight excluding hydrogens is 204 g/mol. The molecule has 3 saturated carbocycles. The number of hydrogen-bond acceptors (Lipinski definition) is 0. The van der Waals surface area contributed by atoms with Crippen molar-refractivity contribution in [2.45, 2.75) is 59.3 Å². The van der Waals surface area contributed by atoms with E-state index in [1.807, 2.05) is 0 Å². The lowest BCUT2D eigenvalue weighted by molar-refractivity contribution is 0.316. The van der Waals surface area contributed by atoms with Crippen LogP contribution < -0.4 is 0 Å². The summed E-state index contributed by atoms with van der Waals surface area (Å²) in [6.07, 6.45) is 8.48. The average molecular weight is 232 g/mol. The van der Waals surface area contributed by atoms with Gasteiger partial charge in [0.15, 0.2) is 0 Å². The van der Waals surface area contributed by atoms with E-state index in [2.05, 4.69) is 27.4 Å². The molecular formula is C17H28. The van der Waals surface area contributed by atoms with E-state index in [4.69, 9.17) is 0 Å². The minimum atomic E-state index is 0.565. The first-order valence-corrected chi connectivity index (χ1v) is 7.78. The molecule has 0 amide bonds. The van der Waals surface area contributed by atoms with Crippen LogP contribution in [0.5, 0.6) is 0 Å². The van der Waals surface area contributed by atoms with Gasteiger partial charge in [-0.2, -0.15) is 0 Å². The smallest absolute Gasteiger partial charge is 0.00646 e. The van der Waals surface area contributed by atoms with Crippen molar-refractivity contribution >= 4 is 0 Å². The van der Waals surface area contributed by atoms with Gasteiger partial charge in [-0.1, -0.05) is 32.9 Å². The van der Waals surface area contributed by atoms with E-state index in [-0.39, 0.29) is 0 Å². The van der Waals surface area contributed by atoms with Crippen LogP contribution in [0.3, 0.4) is 0 Å². The highest BCUT2D eigenvalue weighted by atomic mass is 14.6. The van der Waals surface area contributed by atoms with Crippen molar-refractivity contribution in [3.05, 3.63) is 12.2 Å². The van der Waals surface area contributed by atoms with Crippen LogP contribution >= 0.6 is 0 Å². The van der Waals surface area contributed by atoms with Gasteiger partial charge in [-0.05, 0) is 73.5 Å². The van der Waals surface area contributed by atoms with Crippen molar-refractivity contribution in [2.75, 3.05) is 0 Å². The van der Waals surface area contributed by atoms with Gasteiger partial charge >= 0.3 is 0 Å². The summed E-state index contributed by atoms with van der Waals surface area (Å²) in [5.74, 6) is 5.38. The van der Waals surface area contributed by atoms with Crippen LogP contribution in [-0.4, -0.2) is 0 Å². The van der Waals surface area contributed by atoms with Gasteiger partial charge in [-0.15, -0.1) is 0 Å². The topological polar surface area (TPSA) is 0 Å². The maximum atomic E-state index is 4.40. The zero-order valence-electron chi connectivity index (χ0n) is 11.8. The average Bonchev–Trinajstić information content (AvgIpc) is 3.12. The molecule has 0 aromatic carbocycles. The molecule has 0 saturated heterocycles. The molecule has 0 aromatic rings. The van der Waals surface area contributed by atoms with Gasteiger partial charge in [0, 0.05) is 0 Å². The summed E-state index contributed by atoms with van der Waals surface area (Å²) in [4.78, 5) is 0. The zero-order chi connectivity index (χ0) is 12.2. The van der Waals surface area contributed by atoms with E-state index in [9.17, 15) is 0 Å². The van der Waals surface area contributed by atoms with Crippen LogP contribution in [-0.2, 0) is 0 Å². The predicted molar refractivity (Wildman–Crippen MR) is 73.7 cm³/mol. The van der Waals surface area contributed by atoms with Crippen LogP contribution in [0.25, 0.3) is 0 Å². The van der Waals surface area contributed by atoms with Crippen molar-refractivity contribution < 1.29 is 0 Å². The van der Waals surface area contributed by atoms with Crippen LogP contribution in [0.2, 0.25) is 0 Å². The molecule has 3 aliphatic carbocycles. The Hall–Kier alpha value is -0.260. The molecule has 17 heavy (non-hydrogen) atoms. The fraction of sp³-hybridized carbons (Fsp3) is 0.882. The van der Waals surface area contributed by atoms with Crippen molar-refractivity contribution in [1.29, 1.82) is 0 Å². The standard InChI is InChI=1S/C17H28/c1-5-17(10-13(17)4)12(3)7-6-8-14-15-9-11(2)16(14)15/h11,13-16H,3,5-10H2,1-2,4H3. The Bertz CT molecular complexity index is 325. The summed E-state index contributed by atoms with van der Waals surface area (Å²) >= 11 is 0. The van der Waals surface area contributed by atoms with Crippen LogP contribution in [0.1, 0.15) is 59.3 Å². The summed E-state index contributed by atoms with van der Waals surface area (Å²) in [6.45, 7) is 11.6. The maximum Gasteiger partial charge on any atom is -0.00646 e. The molecule has 0 heteroatoms. The largest absolute Gasteiger partial charge is 0.0993 e. The van der Waals surface area contributed by atoms with E-state index in [1.165, 1.54) is 38.5 Å². The van der Waals surface area contributed by atoms with Crippen molar-refractivity contribution in [3.8, 4) is 0 Å². The number of hydrogen-bond donors (Lipinski definition) is 0. The summed E-state index contributed by atoms with van der Waals surface area (Å²) in [7, 11) is 0. The van der Waals surface area contributed by atoms with Gasteiger partial charge in [-0.3, -0.25) is 0 Å². The van der Waals surface area contributed by atoms with Crippen molar-refractivity contribution in [3.63, 3.8) is 0 Å². The highest BCUT2D eigenvalue weighted by molar-refractivity contribution is 5.21. The SMILES string of the molecule is C=C(CCCC1C2CC(C)C12)C1(CC)CC1C. The second-order valence-corrected chi connectivity index (χ2v) is 7.23. The van der Waals surface area contributed by atoms with Crippen LogP contribution in [0.4, 0.5) is 0 Å². The Balaban J connectivity index is 1.39. The Morgan fingerprint density at radius 2 is 2.06 bits per heavy atom. The third-order valence-electron chi connectivity index (χ3n) is 6.50. The molecule has 0 nitrogen and oxygen atoms in total. The Morgan fingerprint density at radius 1 is 1.35 bits per heavy atom. The first-order chi connectivity index (χ1) is 8.10. The summed E-state index contributed by atoms with van der Waals surface area (Å²) < 4.78 is 0. The van der Waals surface area contributed by atoms with Crippen molar-refractivity contribution in [1.82, 2.24) is 0 Å². The van der Waals surface area contributed by atoms with E-state index >= 15 is 0 Å². The van der Waals surface area contributed by atoms with Gasteiger partial charge in [0.05, 0.1) is 0 Å². The molecule has 0 aliphatic heterocycles. The lowest BCUT2D eigenvalue weighted by Gasteiger charge is -2.18. The lowest BCUT2D eigenvalue weighted by Crippen LogP contribution is -2.10. The number of rotatable bonds is 6. The van der Waals surface area contributed by atoms with Gasteiger partial charge in [0.2, 0.25) is 0 Å². The van der Waals surface area contributed by atoms with Gasteiger partial charge in [0.25, 0.3) is 0 Å². The predicted octanol–water partition coefficient (Wildman–Crippen LogP) is 5.05. The van der Waals surface area contributed by atoms with Crippen LogP contribution in [0.15, 0.2) is 12.2 Å². The molecule has 96 valence electrons. The second kappa shape index (κ2) is 3.87.